The van der Waals surface area contributed by atoms with Crippen molar-refractivity contribution in [2.24, 2.45) is 0 Å². The van der Waals surface area contributed by atoms with Gasteiger partial charge in [-0.15, -0.1) is 0 Å². The Hall–Kier alpha value is -2.18. The van der Waals surface area contributed by atoms with Crippen LogP contribution in [-0.2, 0) is 22.8 Å². The highest BCUT2D eigenvalue weighted by Crippen LogP contribution is 2.26. The van der Waals surface area contributed by atoms with Gasteiger partial charge in [-0.1, -0.05) is 52.7 Å². The van der Waals surface area contributed by atoms with Gasteiger partial charge in [0.2, 0.25) is 5.91 Å². The summed E-state index contributed by atoms with van der Waals surface area (Å²) in [5.74, 6) is -0.00927. The van der Waals surface area contributed by atoms with E-state index >= 15 is 0 Å². The van der Waals surface area contributed by atoms with Crippen LogP contribution in [0.1, 0.15) is 47.2 Å². The van der Waals surface area contributed by atoms with Gasteiger partial charge in [-0.3, -0.25) is 14.4 Å². The first kappa shape index (κ1) is 19.6. The maximum Gasteiger partial charge on any atom is 0.254 e. The molecular weight excluding hydrogens is 408 g/mol. The first-order valence-electron chi connectivity index (χ1n) is 9.16. The Kier molecular flexibility index (Phi) is 7.01. The third kappa shape index (κ3) is 5.65. The highest BCUT2D eigenvalue weighted by molar-refractivity contribution is 9.10. The maximum absolute atomic E-state index is 12.3. The van der Waals surface area contributed by atoms with Crippen LogP contribution in [0.4, 0.5) is 0 Å². The van der Waals surface area contributed by atoms with Crippen molar-refractivity contribution in [1.29, 1.82) is 0 Å². The molecule has 0 radical (unpaired) electrons. The summed E-state index contributed by atoms with van der Waals surface area (Å²) >= 11 is 3.44. The number of carbonyl (C=O) groups excluding carboxylic acids is 2. The second-order valence-electron chi connectivity index (χ2n) is 6.64. The molecule has 0 atom stereocenters. The number of benzene rings is 2. The lowest BCUT2D eigenvalue weighted by atomic mass is 10.1. The lowest BCUT2D eigenvalue weighted by molar-refractivity contribution is -0.134. The molecular formula is C21H23BrN2O3. The molecule has 1 aliphatic heterocycles. The van der Waals surface area contributed by atoms with Crippen molar-refractivity contribution in [3.05, 3.63) is 69.7 Å². The molecule has 1 heterocycles. The first-order valence-corrected chi connectivity index (χ1v) is 9.95. The van der Waals surface area contributed by atoms with Gasteiger partial charge < -0.3 is 4.90 Å². The number of nitrogens with one attached hydrogen (secondary N) is 1. The van der Waals surface area contributed by atoms with Gasteiger partial charge in [0, 0.05) is 29.5 Å². The van der Waals surface area contributed by atoms with Crippen LogP contribution in [0.25, 0.3) is 0 Å². The predicted octanol–water partition coefficient (Wildman–Crippen LogP) is 4.21. The molecule has 2 aromatic rings. The molecule has 0 aromatic heterocycles. The molecule has 0 aliphatic carbocycles. The van der Waals surface area contributed by atoms with Crippen LogP contribution in [0.2, 0.25) is 0 Å². The van der Waals surface area contributed by atoms with Gasteiger partial charge >= 0.3 is 0 Å². The fraction of sp³-hybridized carbons (Fsp3) is 0.333. The van der Waals surface area contributed by atoms with E-state index in [9.17, 15) is 9.59 Å². The Labute approximate surface area is 167 Å². The number of hydrogen-bond acceptors (Lipinski definition) is 3. The molecule has 1 aliphatic rings. The van der Waals surface area contributed by atoms with Crippen LogP contribution in [0, 0.1) is 0 Å². The second kappa shape index (κ2) is 9.67. The number of unbranched alkanes of at least 4 members (excludes halogenated alkanes) is 2. The van der Waals surface area contributed by atoms with Crippen molar-refractivity contribution < 1.29 is 14.4 Å². The number of nitrogens with zero attached hydrogens (tertiary/aromatic N) is 1. The molecule has 2 aromatic carbocycles. The van der Waals surface area contributed by atoms with Crippen molar-refractivity contribution in [2.75, 3.05) is 6.54 Å². The van der Waals surface area contributed by atoms with Crippen molar-refractivity contribution in [3.63, 3.8) is 0 Å². The number of halogens is 1. The molecule has 2 amide bonds. The fourth-order valence-corrected chi connectivity index (χ4v) is 3.53. The van der Waals surface area contributed by atoms with Gasteiger partial charge in [0.05, 0.1) is 6.61 Å². The summed E-state index contributed by atoms with van der Waals surface area (Å²) < 4.78 is 0.997. The van der Waals surface area contributed by atoms with Crippen molar-refractivity contribution in [1.82, 2.24) is 10.4 Å². The van der Waals surface area contributed by atoms with Crippen LogP contribution < -0.4 is 5.48 Å². The summed E-state index contributed by atoms with van der Waals surface area (Å²) in [5, 5.41) is 0. The van der Waals surface area contributed by atoms with Gasteiger partial charge in [-0.2, -0.15) is 0 Å². The molecule has 0 bridgehead atoms. The van der Waals surface area contributed by atoms with Gasteiger partial charge in [0.1, 0.15) is 0 Å². The minimum absolute atomic E-state index is 0.101. The smallest absolute Gasteiger partial charge is 0.254 e. The highest BCUT2D eigenvalue weighted by atomic mass is 79.9. The first-order chi connectivity index (χ1) is 13.1. The summed E-state index contributed by atoms with van der Waals surface area (Å²) in [6.07, 6.45) is 2.99. The van der Waals surface area contributed by atoms with E-state index in [2.05, 4.69) is 21.4 Å². The topological polar surface area (TPSA) is 58.6 Å². The number of hydroxylamine groups is 1. The Morgan fingerprint density at radius 2 is 1.93 bits per heavy atom. The summed E-state index contributed by atoms with van der Waals surface area (Å²) in [6, 6.07) is 15.5. The monoisotopic (exact) mass is 430 g/mol. The van der Waals surface area contributed by atoms with Crippen LogP contribution in [0.3, 0.4) is 0 Å². The quantitative estimate of drug-likeness (QED) is 0.478. The average molecular weight is 431 g/mol. The largest absolute Gasteiger partial charge is 0.334 e. The summed E-state index contributed by atoms with van der Waals surface area (Å²) in [5.41, 5.74) is 5.37. The molecule has 5 nitrogen and oxygen atoms in total. The van der Waals surface area contributed by atoms with Crippen LogP contribution in [-0.4, -0.2) is 23.3 Å². The maximum atomic E-state index is 12.3. The third-order valence-electron chi connectivity index (χ3n) is 4.55. The van der Waals surface area contributed by atoms with Gasteiger partial charge in [-0.25, -0.2) is 5.48 Å². The number of fused-ring (bicyclic) bond motifs is 1. The molecule has 1 N–H and O–H groups in total. The summed E-state index contributed by atoms with van der Waals surface area (Å²) in [4.78, 5) is 31.2. The molecule has 6 heteroatoms. The van der Waals surface area contributed by atoms with Crippen molar-refractivity contribution in [3.8, 4) is 0 Å². The van der Waals surface area contributed by atoms with Crippen molar-refractivity contribution in [2.45, 2.75) is 38.8 Å². The van der Waals surface area contributed by atoms with Gasteiger partial charge in [0.25, 0.3) is 5.91 Å². The standard InChI is InChI=1S/C21H23BrN2O3/c22-18-10-11-19-17(13-18)14-24(21(19)26)12-6-2-5-9-20(25)23-27-15-16-7-3-1-4-8-16/h1,3-4,7-8,10-11,13H,2,5-6,9,12,14-15H2,(H,23,25). The lowest BCUT2D eigenvalue weighted by Gasteiger charge is -2.15. The van der Waals surface area contributed by atoms with Crippen molar-refractivity contribution >= 4 is 27.7 Å². The molecule has 3 rings (SSSR count). The third-order valence-corrected chi connectivity index (χ3v) is 5.04. The highest BCUT2D eigenvalue weighted by Gasteiger charge is 2.26. The number of amides is 2. The molecule has 0 saturated carbocycles. The Morgan fingerprint density at radius 1 is 1.11 bits per heavy atom. The molecule has 27 heavy (non-hydrogen) atoms. The van der Waals surface area contributed by atoms with E-state index in [0.29, 0.717) is 19.6 Å². The molecule has 142 valence electrons. The molecule has 0 saturated heterocycles. The van der Waals surface area contributed by atoms with E-state index in [0.717, 1.165) is 47.0 Å². The van der Waals surface area contributed by atoms with E-state index in [4.69, 9.17) is 4.84 Å². The zero-order valence-corrected chi connectivity index (χ0v) is 16.7. The lowest BCUT2D eigenvalue weighted by Crippen LogP contribution is -2.25. The van der Waals surface area contributed by atoms with Crippen LogP contribution in [0.5, 0.6) is 0 Å². The minimum Gasteiger partial charge on any atom is -0.334 e. The van der Waals surface area contributed by atoms with E-state index < -0.39 is 0 Å². The second-order valence-corrected chi connectivity index (χ2v) is 7.55. The fourth-order valence-electron chi connectivity index (χ4n) is 3.12. The predicted molar refractivity (Wildman–Crippen MR) is 107 cm³/mol. The van der Waals surface area contributed by atoms with Crippen LogP contribution in [0.15, 0.2) is 53.0 Å². The zero-order valence-electron chi connectivity index (χ0n) is 15.1. The number of rotatable bonds is 9. The average Bonchev–Trinajstić information content (AvgIpc) is 2.97. The molecule has 0 unspecified atom stereocenters. The molecule has 0 fully saturated rings. The SMILES string of the molecule is O=C(CCCCCN1Cc2cc(Br)ccc2C1=O)NOCc1ccccc1. The minimum atomic E-state index is -0.111. The van der Waals surface area contributed by atoms with Gasteiger partial charge in [-0.05, 0) is 42.2 Å². The Morgan fingerprint density at radius 3 is 2.74 bits per heavy atom. The normalized spacial score (nSPS) is 12.9. The zero-order chi connectivity index (χ0) is 19.1. The van der Waals surface area contributed by atoms with E-state index in [1.165, 1.54) is 0 Å². The number of hydrogen-bond donors (Lipinski definition) is 1. The Bertz CT molecular complexity index is 795. The van der Waals surface area contributed by atoms with E-state index in [1.807, 2.05) is 53.4 Å². The van der Waals surface area contributed by atoms with Gasteiger partial charge in [0.15, 0.2) is 0 Å². The van der Waals surface area contributed by atoms with E-state index in [1.54, 1.807) is 0 Å². The number of carbonyl (C=O) groups is 2. The molecule has 0 spiro atoms. The summed E-state index contributed by atoms with van der Waals surface area (Å²) in [6.45, 7) is 1.75. The van der Waals surface area contributed by atoms with E-state index in [-0.39, 0.29) is 11.8 Å². The Balaban J connectivity index is 1.27. The van der Waals surface area contributed by atoms with Crippen LogP contribution >= 0.6 is 15.9 Å². The summed E-state index contributed by atoms with van der Waals surface area (Å²) in [7, 11) is 0.